The molecular weight excluding hydrogens is 287 g/mol. The molecule has 0 fully saturated rings. The van der Waals surface area contributed by atoms with Crippen molar-refractivity contribution in [2.75, 3.05) is 27.4 Å². The van der Waals surface area contributed by atoms with Crippen LogP contribution in [-0.2, 0) is 14.2 Å². The standard InChI is InChI=1S/C10H12Cl2O4S/c1-14-4-6(5-15-2)16-10(13)7-3-8(11)17-9(7)12/h3,6H,4-5H2,1-2H3. The van der Waals surface area contributed by atoms with E-state index in [9.17, 15) is 4.79 Å². The Labute approximate surface area is 113 Å². The van der Waals surface area contributed by atoms with Gasteiger partial charge in [-0.1, -0.05) is 23.2 Å². The van der Waals surface area contributed by atoms with E-state index in [4.69, 9.17) is 37.4 Å². The highest BCUT2D eigenvalue weighted by molar-refractivity contribution is 7.20. The van der Waals surface area contributed by atoms with Crippen molar-refractivity contribution in [2.24, 2.45) is 0 Å². The zero-order chi connectivity index (χ0) is 12.8. The number of esters is 1. The Kier molecular flexibility index (Phi) is 6.22. The van der Waals surface area contributed by atoms with E-state index < -0.39 is 12.1 Å². The van der Waals surface area contributed by atoms with Gasteiger partial charge in [-0.3, -0.25) is 0 Å². The van der Waals surface area contributed by atoms with Gasteiger partial charge in [0.2, 0.25) is 0 Å². The highest BCUT2D eigenvalue weighted by Gasteiger charge is 2.20. The van der Waals surface area contributed by atoms with Crippen molar-refractivity contribution in [3.63, 3.8) is 0 Å². The first kappa shape index (κ1) is 14.7. The molecule has 1 aromatic rings. The minimum Gasteiger partial charge on any atom is -0.454 e. The predicted molar refractivity (Wildman–Crippen MR) is 67.3 cm³/mol. The Morgan fingerprint density at radius 1 is 1.35 bits per heavy atom. The van der Waals surface area contributed by atoms with Crippen molar-refractivity contribution in [3.05, 3.63) is 20.3 Å². The van der Waals surface area contributed by atoms with Gasteiger partial charge in [-0.25, -0.2) is 4.79 Å². The molecule has 0 amide bonds. The molecule has 7 heteroatoms. The zero-order valence-corrected chi connectivity index (χ0v) is 11.7. The number of hydrogen-bond acceptors (Lipinski definition) is 5. The van der Waals surface area contributed by atoms with Crippen LogP contribution in [0.5, 0.6) is 0 Å². The Balaban J connectivity index is 2.66. The lowest BCUT2D eigenvalue weighted by molar-refractivity contribution is -0.0223. The maximum atomic E-state index is 11.8. The van der Waals surface area contributed by atoms with Crippen molar-refractivity contribution >= 4 is 40.5 Å². The largest absolute Gasteiger partial charge is 0.454 e. The number of rotatable bonds is 6. The van der Waals surface area contributed by atoms with Gasteiger partial charge in [-0.05, 0) is 6.07 Å². The highest BCUT2D eigenvalue weighted by Crippen LogP contribution is 2.31. The van der Waals surface area contributed by atoms with Crippen molar-refractivity contribution < 1.29 is 19.0 Å². The molecular formula is C10H12Cl2O4S. The van der Waals surface area contributed by atoms with Gasteiger partial charge in [-0.15, -0.1) is 11.3 Å². The number of carbonyl (C=O) groups excluding carboxylic acids is 1. The van der Waals surface area contributed by atoms with E-state index in [0.717, 1.165) is 11.3 Å². The number of hydrogen-bond donors (Lipinski definition) is 0. The second kappa shape index (κ2) is 7.18. The van der Waals surface area contributed by atoms with Gasteiger partial charge in [0.15, 0.2) is 0 Å². The predicted octanol–water partition coefficient (Wildman–Crippen LogP) is 2.87. The number of thiophene rings is 1. The molecule has 0 aliphatic rings. The molecule has 0 spiro atoms. The third-order valence-corrected chi connectivity index (χ3v) is 3.34. The molecule has 0 N–H and O–H groups in total. The van der Waals surface area contributed by atoms with Crippen LogP contribution < -0.4 is 0 Å². The van der Waals surface area contributed by atoms with Crippen LogP contribution >= 0.6 is 34.5 Å². The van der Waals surface area contributed by atoms with Crippen LogP contribution in [-0.4, -0.2) is 39.5 Å². The fourth-order valence-corrected chi connectivity index (χ4v) is 2.62. The summed E-state index contributed by atoms with van der Waals surface area (Å²) < 4.78 is 15.8. The molecule has 0 aliphatic heterocycles. The molecule has 0 aliphatic carbocycles. The summed E-state index contributed by atoms with van der Waals surface area (Å²) in [6.45, 7) is 0.518. The van der Waals surface area contributed by atoms with Crippen LogP contribution in [0, 0.1) is 0 Å². The molecule has 0 bridgehead atoms. The van der Waals surface area contributed by atoms with Gasteiger partial charge in [0.1, 0.15) is 10.4 Å². The lowest BCUT2D eigenvalue weighted by Crippen LogP contribution is -2.27. The Bertz CT molecular complexity index is 374. The molecule has 0 atom stereocenters. The van der Waals surface area contributed by atoms with E-state index in [1.807, 2.05) is 0 Å². The number of halogens is 2. The smallest absolute Gasteiger partial charge is 0.341 e. The van der Waals surface area contributed by atoms with Crippen molar-refractivity contribution in [2.45, 2.75) is 6.10 Å². The van der Waals surface area contributed by atoms with Crippen LogP contribution in [0.1, 0.15) is 10.4 Å². The van der Waals surface area contributed by atoms with Crippen LogP contribution in [0.2, 0.25) is 8.67 Å². The third kappa shape index (κ3) is 4.44. The summed E-state index contributed by atoms with van der Waals surface area (Å²) in [5.74, 6) is -0.530. The first-order valence-electron chi connectivity index (χ1n) is 4.72. The van der Waals surface area contributed by atoms with Crippen LogP contribution in [0.25, 0.3) is 0 Å². The number of methoxy groups -OCH3 is 2. The van der Waals surface area contributed by atoms with Crippen LogP contribution in [0.15, 0.2) is 6.07 Å². The van der Waals surface area contributed by atoms with Crippen molar-refractivity contribution in [3.8, 4) is 0 Å². The maximum Gasteiger partial charge on any atom is 0.341 e. The van der Waals surface area contributed by atoms with Crippen LogP contribution in [0.3, 0.4) is 0 Å². The summed E-state index contributed by atoms with van der Waals surface area (Å²) in [7, 11) is 3.04. The quantitative estimate of drug-likeness (QED) is 0.758. The minimum atomic E-state index is -0.530. The molecule has 17 heavy (non-hydrogen) atoms. The summed E-state index contributed by atoms with van der Waals surface area (Å²) in [5.41, 5.74) is 0.263. The molecule has 0 radical (unpaired) electrons. The zero-order valence-electron chi connectivity index (χ0n) is 9.37. The minimum absolute atomic E-state index is 0.259. The normalized spacial score (nSPS) is 10.9. The molecule has 0 saturated heterocycles. The van der Waals surface area contributed by atoms with E-state index >= 15 is 0 Å². The summed E-state index contributed by atoms with van der Waals surface area (Å²) in [6.07, 6.45) is -0.466. The highest BCUT2D eigenvalue weighted by atomic mass is 35.5. The molecule has 0 saturated carbocycles. The van der Waals surface area contributed by atoms with Crippen molar-refractivity contribution in [1.29, 1.82) is 0 Å². The molecule has 1 rings (SSSR count). The van der Waals surface area contributed by atoms with E-state index in [-0.39, 0.29) is 18.8 Å². The lowest BCUT2D eigenvalue weighted by Gasteiger charge is -2.15. The Hall–Kier alpha value is -0.330. The van der Waals surface area contributed by atoms with Crippen LogP contribution in [0.4, 0.5) is 0 Å². The monoisotopic (exact) mass is 298 g/mol. The molecule has 1 heterocycles. The summed E-state index contributed by atoms with van der Waals surface area (Å²) in [6, 6.07) is 1.48. The van der Waals surface area contributed by atoms with Gasteiger partial charge in [0.05, 0.1) is 23.1 Å². The average Bonchev–Trinajstić information content (AvgIpc) is 2.58. The van der Waals surface area contributed by atoms with Gasteiger partial charge >= 0.3 is 5.97 Å². The number of carbonyl (C=O) groups is 1. The SMILES string of the molecule is COCC(COC)OC(=O)c1cc(Cl)sc1Cl. The molecule has 1 aromatic heterocycles. The van der Waals surface area contributed by atoms with Gasteiger partial charge in [0, 0.05) is 14.2 Å². The molecule has 96 valence electrons. The second-order valence-electron chi connectivity index (χ2n) is 3.18. The fourth-order valence-electron chi connectivity index (χ4n) is 1.18. The van der Waals surface area contributed by atoms with E-state index in [2.05, 4.69) is 0 Å². The molecule has 4 nitrogen and oxygen atoms in total. The third-order valence-electron chi connectivity index (χ3n) is 1.86. The first-order valence-corrected chi connectivity index (χ1v) is 6.29. The first-order chi connectivity index (χ1) is 8.08. The second-order valence-corrected chi connectivity index (χ2v) is 5.46. The topological polar surface area (TPSA) is 44.8 Å². The van der Waals surface area contributed by atoms with E-state index in [0.29, 0.717) is 8.67 Å². The Morgan fingerprint density at radius 3 is 2.35 bits per heavy atom. The summed E-state index contributed by atoms with van der Waals surface area (Å²) >= 11 is 12.7. The summed E-state index contributed by atoms with van der Waals surface area (Å²) in [4.78, 5) is 11.8. The van der Waals surface area contributed by atoms with Gasteiger partial charge < -0.3 is 14.2 Å². The maximum absolute atomic E-state index is 11.8. The van der Waals surface area contributed by atoms with Gasteiger partial charge in [-0.2, -0.15) is 0 Å². The van der Waals surface area contributed by atoms with Gasteiger partial charge in [0.25, 0.3) is 0 Å². The van der Waals surface area contributed by atoms with E-state index in [1.54, 1.807) is 0 Å². The van der Waals surface area contributed by atoms with Crippen molar-refractivity contribution in [1.82, 2.24) is 0 Å². The molecule has 0 unspecified atom stereocenters. The lowest BCUT2D eigenvalue weighted by atomic mass is 10.3. The summed E-state index contributed by atoms with van der Waals surface area (Å²) in [5, 5.41) is 0. The van der Waals surface area contributed by atoms with E-state index in [1.165, 1.54) is 20.3 Å². The Morgan fingerprint density at radius 2 is 1.94 bits per heavy atom. The number of ether oxygens (including phenoxy) is 3. The molecule has 0 aromatic carbocycles. The fraction of sp³-hybridized carbons (Fsp3) is 0.500. The average molecular weight is 299 g/mol.